The topological polar surface area (TPSA) is 49.3 Å². The molecule has 0 bridgehead atoms. The van der Waals surface area contributed by atoms with Crippen LogP contribution in [0.15, 0.2) is 18.2 Å². The van der Waals surface area contributed by atoms with Crippen LogP contribution >= 0.6 is 11.8 Å². The van der Waals surface area contributed by atoms with Crippen LogP contribution in [-0.4, -0.2) is 29.1 Å². The number of amides is 1. The van der Waals surface area contributed by atoms with Crippen molar-refractivity contribution in [3.63, 3.8) is 0 Å². The quantitative estimate of drug-likeness (QED) is 0.878. The van der Waals surface area contributed by atoms with Crippen LogP contribution in [0.2, 0.25) is 0 Å². The summed E-state index contributed by atoms with van der Waals surface area (Å²) in [6.45, 7) is -0.182. The van der Waals surface area contributed by atoms with Gasteiger partial charge in [0.2, 0.25) is 5.91 Å². The van der Waals surface area contributed by atoms with Crippen molar-refractivity contribution in [3.05, 3.63) is 35.4 Å². The summed E-state index contributed by atoms with van der Waals surface area (Å²) in [7, 11) is 0. The van der Waals surface area contributed by atoms with Gasteiger partial charge in [0.05, 0.1) is 5.56 Å². The highest BCUT2D eigenvalue weighted by Crippen LogP contribution is 2.25. The van der Waals surface area contributed by atoms with E-state index >= 15 is 0 Å². The van der Waals surface area contributed by atoms with Gasteiger partial charge < -0.3 is 10.4 Å². The average molecular weight is 315 g/mol. The number of aliphatic hydroxyl groups excluding tert-OH is 1. The maximum absolute atomic E-state index is 13.5. The molecule has 3 nitrogen and oxygen atoms in total. The van der Waals surface area contributed by atoms with E-state index in [9.17, 15) is 18.7 Å². The number of benzene rings is 1. The van der Waals surface area contributed by atoms with Gasteiger partial charge in [-0.05, 0) is 42.4 Å². The number of rotatable bonds is 5. The van der Waals surface area contributed by atoms with Crippen LogP contribution in [-0.2, 0) is 4.79 Å². The first-order valence-electron chi connectivity index (χ1n) is 7.04. The van der Waals surface area contributed by atoms with Crippen molar-refractivity contribution in [1.82, 2.24) is 5.32 Å². The molecular weight excluding hydrogens is 296 g/mol. The van der Waals surface area contributed by atoms with E-state index in [2.05, 4.69) is 5.32 Å². The van der Waals surface area contributed by atoms with Crippen molar-refractivity contribution < 1.29 is 18.7 Å². The molecule has 1 aliphatic rings. The molecule has 21 heavy (non-hydrogen) atoms. The molecule has 0 aromatic heterocycles. The summed E-state index contributed by atoms with van der Waals surface area (Å²) < 4.78 is 27.0. The molecule has 2 N–H and O–H groups in total. The smallest absolute Gasteiger partial charge is 0.220 e. The van der Waals surface area contributed by atoms with E-state index in [1.165, 1.54) is 6.07 Å². The molecule has 1 fully saturated rings. The van der Waals surface area contributed by atoms with E-state index in [1.54, 1.807) is 0 Å². The zero-order chi connectivity index (χ0) is 15.2. The summed E-state index contributed by atoms with van der Waals surface area (Å²) in [6, 6.07) is 3.41. The number of aliphatic hydroxyl groups is 1. The standard InChI is InChI=1S/C15H19F2NO2S/c16-11-2-1-3-12(17)15(11)13(19)9-18-14(20)8-10-4-6-21-7-5-10/h1-3,10,13,19H,4-9H2,(H,18,20). The van der Waals surface area contributed by atoms with Crippen LogP contribution in [0.1, 0.15) is 30.9 Å². The minimum absolute atomic E-state index is 0.178. The Hall–Kier alpha value is -1.14. The minimum Gasteiger partial charge on any atom is -0.386 e. The highest BCUT2D eigenvalue weighted by molar-refractivity contribution is 7.99. The second-order valence-electron chi connectivity index (χ2n) is 5.22. The molecule has 0 radical (unpaired) electrons. The number of hydrogen-bond donors (Lipinski definition) is 2. The summed E-state index contributed by atoms with van der Waals surface area (Å²) in [6.07, 6.45) is 1.06. The van der Waals surface area contributed by atoms with Gasteiger partial charge in [-0.3, -0.25) is 4.79 Å². The number of carbonyl (C=O) groups is 1. The molecule has 1 unspecified atom stereocenters. The van der Waals surface area contributed by atoms with Gasteiger partial charge in [0, 0.05) is 13.0 Å². The highest BCUT2D eigenvalue weighted by Gasteiger charge is 2.20. The minimum atomic E-state index is -1.38. The van der Waals surface area contributed by atoms with E-state index in [0.29, 0.717) is 12.3 Å². The fourth-order valence-corrected chi connectivity index (χ4v) is 3.63. The molecule has 1 heterocycles. The third kappa shape index (κ3) is 4.68. The van der Waals surface area contributed by atoms with Gasteiger partial charge >= 0.3 is 0 Å². The van der Waals surface area contributed by atoms with Crippen LogP contribution in [0.4, 0.5) is 8.78 Å². The van der Waals surface area contributed by atoms with Crippen molar-refractivity contribution >= 4 is 17.7 Å². The van der Waals surface area contributed by atoms with Crippen LogP contribution in [0.5, 0.6) is 0 Å². The van der Waals surface area contributed by atoms with Gasteiger partial charge in [0.15, 0.2) is 0 Å². The largest absolute Gasteiger partial charge is 0.386 e. The van der Waals surface area contributed by atoms with Crippen molar-refractivity contribution in [2.75, 3.05) is 18.1 Å². The summed E-state index contributed by atoms with van der Waals surface area (Å²) in [5.41, 5.74) is -0.396. The second kappa shape index (κ2) is 7.75. The molecular formula is C15H19F2NO2S. The van der Waals surface area contributed by atoms with Gasteiger partial charge in [-0.25, -0.2) is 8.78 Å². The monoisotopic (exact) mass is 315 g/mol. The Labute approximate surface area is 127 Å². The van der Waals surface area contributed by atoms with Crippen molar-refractivity contribution in [2.24, 2.45) is 5.92 Å². The number of halogens is 2. The molecule has 1 aromatic carbocycles. The van der Waals surface area contributed by atoms with E-state index < -0.39 is 23.3 Å². The molecule has 1 saturated heterocycles. The predicted molar refractivity (Wildman–Crippen MR) is 79.0 cm³/mol. The molecule has 116 valence electrons. The molecule has 0 aliphatic carbocycles. The molecule has 0 spiro atoms. The zero-order valence-corrected chi connectivity index (χ0v) is 12.5. The lowest BCUT2D eigenvalue weighted by Gasteiger charge is -2.21. The fraction of sp³-hybridized carbons (Fsp3) is 0.533. The van der Waals surface area contributed by atoms with E-state index in [1.807, 2.05) is 11.8 Å². The predicted octanol–water partition coefficient (Wildman–Crippen LogP) is 2.65. The van der Waals surface area contributed by atoms with E-state index in [0.717, 1.165) is 36.5 Å². The molecule has 0 saturated carbocycles. The van der Waals surface area contributed by atoms with Crippen molar-refractivity contribution in [1.29, 1.82) is 0 Å². The fourth-order valence-electron chi connectivity index (χ4n) is 2.43. The maximum atomic E-state index is 13.5. The average Bonchev–Trinajstić information content (AvgIpc) is 2.46. The first kappa shape index (κ1) is 16.2. The summed E-state index contributed by atoms with van der Waals surface area (Å²) in [5.74, 6) is 0.723. The highest BCUT2D eigenvalue weighted by atomic mass is 32.2. The Morgan fingerprint density at radius 2 is 1.95 bits per heavy atom. The molecule has 1 aliphatic heterocycles. The lowest BCUT2D eigenvalue weighted by Crippen LogP contribution is -2.31. The molecule has 2 rings (SSSR count). The van der Waals surface area contributed by atoms with Gasteiger partial charge in [-0.2, -0.15) is 11.8 Å². The molecule has 1 amide bonds. The number of thioether (sulfide) groups is 1. The summed E-state index contributed by atoms with van der Waals surface area (Å²) >= 11 is 1.89. The first-order chi connectivity index (χ1) is 10.1. The number of hydrogen-bond acceptors (Lipinski definition) is 3. The van der Waals surface area contributed by atoms with Crippen LogP contribution in [0.3, 0.4) is 0 Å². The van der Waals surface area contributed by atoms with Gasteiger partial charge in [0.25, 0.3) is 0 Å². The molecule has 6 heteroatoms. The SMILES string of the molecule is O=C(CC1CCSCC1)NCC(O)c1c(F)cccc1F. The first-order valence-corrected chi connectivity index (χ1v) is 8.20. The van der Waals surface area contributed by atoms with Crippen LogP contribution in [0.25, 0.3) is 0 Å². The maximum Gasteiger partial charge on any atom is 0.220 e. The van der Waals surface area contributed by atoms with Crippen molar-refractivity contribution in [2.45, 2.75) is 25.4 Å². The van der Waals surface area contributed by atoms with Crippen LogP contribution in [0, 0.1) is 17.6 Å². The Bertz CT molecular complexity index is 472. The van der Waals surface area contributed by atoms with Gasteiger partial charge in [0.1, 0.15) is 17.7 Å². The zero-order valence-electron chi connectivity index (χ0n) is 11.6. The third-order valence-electron chi connectivity index (χ3n) is 3.64. The number of carbonyl (C=O) groups excluding carboxylic acids is 1. The molecule has 1 atom stereocenters. The van der Waals surface area contributed by atoms with Gasteiger partial charge in [-0.1, -0.05) is 6.07 Å². The van der Waals surface area contributed by atoms with E-state index in [4.69, 9.17) is 0 Å². The van der Waals surface area contributed by atoms with E-state index in [-0.39, 0.29) is 12.5 Å². The third-order valence-corrected chi connectivity index (χ3v) is 4.69. The lowest BCUT2D eigenvalue weighted by molar-refractivity contribution is -0.122. The summed E-state index contributed by atoms with van der Waals surface area (Å²) in [4.78, 5) is 11.8. The summed E-state index contributed by atoms with van der Waals surface area (Å²) in [5, 5.41) is 12.4. The molecule has 1 aromatic rings. The Morgan fingerprint density at radius 1 is 1.33 bits per heavy atom. The Morgan fingerprint density at radius 3 is 2.57 bits per heavy atom. The Balaban J connectivity index is 1.83. The second-order valence-corrected chi connectivity index (χ2v) is 6.44. The van der Waals surface area contributed by atoms with Crippen molar-refractivity contribution in [3.8, 4) is 0 Å². The van der Waals surface area contributed by atoms with Gasteiger partial charge in [-0.15, -0.1) is 0 Å². The Kier molecular flexibility index (Phi) is 5.99. The normalized spacial score (nSPS) is 17.5. The van der Waals surface area contributed by atoms with Crippen LogP contribution < -0.4 is 5.32 Å². The number of nitrogens with one attached hydrogen (secondary N) is 1. The lowest BCUT2D eigenvalue weighted by atomic mass is 9.98.